The smallest absolute Gasteiger partial charge is 0.410 e. The number of carbonyl (C=O) groups excluding carboxylic acids is 2. The highest BCUT2D eigenvalue weighted by Crippen LogP contribution is 2.24. The molecule has 0 aliphatic carbocycles. The van der Waals surface area contributed by atoms with E-state index < -0.39 is 5.60 Å². The summed E-state index contributed by atoms with van der Waals surface area (Å²) in [5.74, 6) is 0.376. The van der Waals surface area contributed by atoms with Crippen LogP contribution in [-0.2, 0) is 11.3 Å². The largest absolute Gasteiger partial charge is 0.490 e. The van der Waals surface area contributed by atoms with Crippen LogP contribution < -0.4 is 10.1 Å². The van der Waals surface area contributed by atoms with E-state index in [-0.39, 0.29) is 35.5 Å². The molecule has 1 aliphatic heterocycles. The Kier molecular flexibility index (Phi) is 6.32. The molecule has 3 heterocycles. The van der Waals surface area contributed by atoms with Crippen molar-refractivity contribution in [3.05, 3.63) is 47.1 Å². The van der Waals surface area contributed by atoms with E-state index in [4.69, 9.17) is 25.5 Å². The minimum atomic E-state index is -0.535. The quantitative estimate of drug-likeness (QED) is 0.715. The first-order valence-electron chi connectivity index (χ1n) is 9.31. The maximum atomic E-state index is 12.2. The SMILES string of the molecule is CC(C)(C)OC(=O)N1CC[C@H]1COc1cnc(Cl)c(CNC(=O)c2ccco2)c1. The van der Waals surface area contributed by atoms with Crippen LogP contribution in [0.25, 0.3) is 0 Å². The highest BCUT2D eigenvalue weighted by molar-refractivity contribution is 6.30. The van der Waals surface area contributed by atoms with Crippen molar-refractivity contribution in [2.45, 2.75) is 45.4 Å². The molecule has 2 amide bonds. The van der Waals surface area contributed by atoms with E-state index in [1.807, 2.05) is 20.8 Å². The minimum absolute atomic E-state index is 0.0531. The Balaban J connectivity index is 1.53. The number of rotatable bonds is 6. The molecule has 0 spiro atoms. The van der Waals surface area contributed by atoms with Crippen LogP contribution in [0.15, 0.2) is 35.1 Å². The zero-order valence-electron chi connectivity index (χ0n) is 16.6. The van der Waals surface area contributed by atoms with Gasteiger partial charge in [-0.05, 0) is 45.4 Å². The molecule has 0 radical (unpaired) electrons. The number of halogens is 1. The number of carbonyl (C=O) groups is 2. The Morgan fingerprint density at radius 2 is 2.21 bits per heavy atom. The van der Waals surface area contributed by atoms with Gasteiger partial charge in [-0.2, -0.15) is 0 Å². The molecule has 0 aromatic carbocycles. The lowest BCUT2D eigenvalue weighted by molar-refractivity contribution is -0.0141. The van der Waals surface area contributed by atoms with Gasteiger partial charge in [-0.3, -0.25) is 4.79 Å². The number of hydrogen-bond donors (Lipinski definition) is 1. The van der Waals surface area contributed by atoms with E-state index in [0.717, 1.165) is 6.42 Å². The Morgan fingerprint density at radius 1 is 1.41 bits per heavy atom. The molecular weight excluding hydrogens is 398 g/mol. The third-order valence-electron chi connectivity index (χ3n) is 4.29. The lowest BCUT2D eigenvalue weighted by Crippen LogP contribution is -2.55. The number of nitrogens with zero attached hydrogens (tertiary/aromatic N) is 2. The van der Waals surface area contributed by atoms with Crippen LogP contribution in [0.2, 0.25) is 5.15 Å². The van der Waals surface area contributed by atoms with Crippen LogP contribution in [0.5, 0.6) is 5.75 Å². The maximum Gasteiger partial charge on any atom is 0.410 e. The maximum absolute atomic E-state index is 12.2. The average molecular weight is 422 g/mol. The predicted octanol–water partition coefficient (Wildman–Crippen LogP) is 3.65. The molecule has 0 saturated carbocycles. The van der Waals surface area contributed by atoms with Gasteiger partial charge in [0.25, 0.3) is 5.91 Å². The van der Waals surface area contributed by atoms with Crippen LogP contribution in [0, 0.1) is 0 Å². The lowest BCUT2D eigenvalue weighted by Gasteiger charge is -2.41. The van der Waals surface area contributed by atoms with E-state index in [1.165, 1.54) is 12.5 Å². The van der Waals surface area contributed by atoms with Crippen LogP contribution in [0.1, 0.15) is 43.3 Å². The fourth-order valence-corrected chi connectivity index (χ4v) is 2.88. The van der Waals surface area contributed by atoms with Crippen LogP contribution in [-0.4, -0.2) is 46.7 Å². The molecule has 156 valence electrons. The van der Waals surface area contributed by atoms with Crippen molar-refractivity contribution >= 4 is 23.6 Å². The Hall–Kier alpha value is -2.74. The zero-order valence-corrected chi connectivity index (χ0v) is 17.4. The van der Waals surface area contributed by atoms with Gasteiger partial charge in [0.05, 0.1) is 18.5 Å². The van der Waals surface area contributed by atoms with Crippen LogP contribution >= 0.6 is 11.6 Å². The third-order valence-corrected chi connectivity index (χ3v) is 4.63. The molecule has 9 heteroatoms. The van der Waals surface area contributed by atoms with Crippen molar-refractivity contribution in [1.82, 2.24) is 15.2 Å². The monoisotopic (exact) mass is 421 g/mol. The number of ether oxygens (including phenoxy) is 2. The number of pyridine rings is 1. The Morgan fingerprint density at radius 3 is 2.83 bits per heavy atom. The highest BCUT2D eigenvalue weighted by atomic mass is 35.5. The number of furan rings is 1. The molecule has 2 aromatic heterocycles. The Labute approximate surface area is 174 Å². The molecule has 1 aliphatic rings. The highest BCUT2D eigenvalue weighted by Gasteiger charge is 2.35. The lowest BCUT2D eigenvalue weighted by atomic mass is 10.1. The molecule has 0 unspecified atom stereocenters. The number of nitrogens with one attached hydrogen (secondary N) is 1. The molecule has 3 rings (SSSR count). The van der Waals surface area contributed by atoms with Gasteiger partial charge in [0.15, 0.2) is 5.76 Å². The topological polar surface area (TPSA) is 93.9 Å². The molecule has 1 atom stereocenters. The molecule has 29 heavy (non-hydrogen) atoms. The van der Waals surface area contributed by atoms with Crippen molar-refractivity contribution < 1.29 is 23.5 Å². The Bertz CT molecular complexity index is 863. The predicted molar refractivity (Wildman–Crippen MR) is 106 cm³/mol. The van der Waals surface area contributed by atoms with Crippen molar-refractivity contribution in [1.29, 1.82) is 0 Å². The normalized spacial score (nSPS) is 16.1. The zero-order chi connectivity index (χ0) is 21.0. The first-order chi connectivity index (χ1) is 13.7. The van der Waals surface area contributed by atoms with E-state index in [1.54, 1.807) is 23.1 Å². The molecule has 8 nitrogen and oxygen atoms in total. The number of hydrogen-bond acceptors (Lipinski definition) is 6. The second-order valence-electron chi connectivity index (χ2n) is 7.71. The number of likely N-dealkylation sites (tertiary alicyclic amines) is 1. The van der Waals surface area contributed by atoms with E-state index in [9.17, 15) is 9.59 Å². The first-order valence-corrected chi connectivity index (χ1v) is 9.69. The summed E-state index contributed by atoms with van der Waals surface area (Å²) in [6, 6.07) is 4.87. The van der Waals surface area contributed by atoms with Crippen LogP contribution in [0.3, 0.4) is 0 Å². The average Bonchev–Trinajstić information content (AvgIpc) is 3.14. The summed E-state index contributed by atoms with van der Waals surface area (Å²) in [5, 5.41) is 2.99. The standard InChI is InChI=1S/C20H24ClN3O5/c1-20(2,3)29-19(26)24-7-6-14(24)12-28-15-9-13(17(21)22-11-15)10-23-18(25)16-5-4-8-27-16/h4-5,8-9,11,14H,6-7,10,12H2,1-3H3,(H,23,25)/t14-/m0/s1. The van der Waals surface area contributed by atoms with Crippen molar-refractivity contribution in [2.24, 2.45) is 0 Å². The summed E-state index contributed by atoms with van der Waals surface area (Å²) in [4.78, 5) is 29.9. The fourth-order valence-electron chi connectivity index (χ4n) is 2.71. The van der Waals surface area contributed by atoms with Crippen molar-refractivity contribution in [3.8, 4) is 5.75 Å². The second kappa shape index (κ2) is 8.73. The van der Waals surface area contributed by atoms with Gasteiger partial charge in [-0.25, -0.2) is 9.78 Å². The molecule has 0 bridgehead atoms. The molecule has 2 aromatic rings. The van der Waals surface area contributed by atoms with Gasteiger partial charge in [-0.1, -0.05) is 11.6 Å². The van der Waals surface area contributed by atoms with Gasteiger partial charge in [-0.15, -0.1) is 0 Å². The summed E-state index contributed by atoms with van der Waals surface area (Å²) in [7, 11) is 0. The van der Waals surface area contributed by atoms with Gasteiger partial charge in [0.2, 0.25) is 0 Å². The summed E-state index contributed by atoms with van der Waals surface area (Å²) >= 11 is 6.12. The van der Waals surface area contributed by atoms with Crippen molar-refractivity contribution in [2.75, 3.05) is 13.2 Å². The molecular formula is C20H24ClN3O5. The summed E-state index contributed by atoms with van der Waals surface area (Å²) in [6.07, 6.45) is 3.44. The van der Waals surface area contributed by atoms with Crippen LogP contribution in [0.4, 0.5) is 4.79 Å². The first kappa shape index (κ1) is 21.0. The number of amides is 2. The molecule has 1 N–H and O–H groups in total. The van der Waals surface area contributed by atoms with Gasteiger partial charge < -0.3 is 24.1 Å². The van der Waals surface area contributed by atoms with E-state index in [0.29, 0.717) is 24.5 Å². The fraction of sp³-hybridized carbons (Fsp3) is 0.450. The van der Waals surface area contributed by atoms with E-state index in [2.05, 4.69) is 10.3 Å². The molecule has 1 saturated heterocycles. The third kappa shape index (κ3) is 5.63. The van der Waals surface area contributed by atoms with Gasteiger partial charge in [0, 0.05) is 18.7 Å². The van der Waals surface area contributed by atoms with Gasteiger partial charge in [0.1, 0.15) is 23.1 Å². The summed E-state index contributed by atoms with van der Waals surface area (Å²) in [5.41, 5.74) is 0.0781. The molecule has 1 fully saturated rings. The summed E-state index contributed by atoms with van der Waals surface area (Å²) < 4.78 is 16.2. The van der Waals surface area contributed by atoms with Crippen molar-refractivity contribution in [3.63, 3.8) is 0 Å². The van der Waals surface area contributed by atoms with E-state index >= 15 is 0 Å². The second-order valence-corrected chi connectivity index (χ2v) is 8.07. The minimum Gasteiger partial charge on any atom is -0.490 e. The summed E-state index contributed by atoms with van der Waals surface area (Å²) in [6.45, 7) is 6.65. The number of aromatic nitrogens is 1. The van der Waals surface area contributed by atoms with Gasteiger partial charge >= 0.3 is 6.09 Å².